The van der Waals surface area contributed by atoms with Gasteiger partial charge in [0.2, 0.25) is 0 Å². The summed E-state index contributed by atoms with van der Waals surface area (Å²) in [7, 11) is -1.46. The minimum absolute atomic E-state index is 1.18. The van der Waals surface area contributed by atoms with Crippen molar-refractivity contribution in [3.8, 4) is 0 Å². The van der Waals surface area contributed by atoms with Gasteiger partial charge in [-0.25, -0.2) is 8.75 Å². The molecular formula is C10H22S. The third-order valence-corrected chi connectivity index (χ3v) is 8.18. The molecule has 0 radical (unpaired) electrons. The lowest BCUT2D eigenvalue weighted by molar-refractivity contribution is 1.09. The van der Waals surface area contributed by atoms with Gasteiger partial charge in [0, 0.05) is 0 Å². The highest BCUT2D eigenvalue weighted by Crippen LogP contribution is 2.59. The highest BCUT2D eigenvalue weighted by atomic mass is 32.3. The molecule has 68 valence electrons. The molecule has 0 heterocycles. The molecule has 0 amide bonds. The second kappa shape index (κ2) is 3.14. The molecule has 0 aromatic rings. The van der Waals surface area contributed by atoms with E-state index in [1.807, 2.05) is 0 Å². The molecule has 0 saturated heterocycles. The third-order valence-electron chi connectivity index (χ3n) is 2.73. The fourth-order valence-corrected chi connectivity index (χ4v) is 3.48. The Labute approximate surface area is 71.6 Å². The quantitative estimate of drug-likeness (QED) is 0.573. The van der Waals surface area contributed by atoms with Crippen LogP contribution in [0.5, 0.6) is 0 Å². The molecule has 0 fully saturated rings. The van der Waals surface area contributed by atoms with Gasteiger partial charge in [0.05, 0.1) is 0 Å². The van der Waals surface area contributed by atoms with Crippen LogP contribution in [-0.2, 0) is 0 Å². The zero-order valence-corrected chi connectivity index (χ0v) is 9.26. The molecule has 0 unspecified atom stereocenters. The summed E-state index contributed by atoms with van der Waals surface area (Å²) in [6.07, 6.45) is 3.55. The number of hydrogen-bond donors (Lipinski definition) is 0. The van der Waals surface area contributed by atoms with Crippen molar-refractivity contribution in [1.82, 2.24) is 0 Å². The van der Waals surface area contributed by atoms with Gasteiger partial charge in [-0.1, -0.05) is 26.3 Å². The van der Waals surface area contributed by atoms with Gasteiger partial charge in [-0.15, -0.1) is 0 Å². The Morgan fingerprint density at radius 1 is 1.36 bits per heavy atom. The molecule has 0 saturated carbocycles. The molecule has 0 bridgehead atoms. The van der Waals surface area contributed by atoms with Gasteiger partial charge < -0.3 is 0 Å². The second-order valence-corrected chi connectivity index (χ2v) is 9.72. The van der Waals surface area contributed by atoms with Crippen LogP contribution in [0.2, 0.25) is 0 Å². The molecule has 0 N–H and O–H groups in total. The summed E-state index contributed by atoms with van der Waals surface area (Å²) in [5, 5.41) is 0. The lowest BCUT2D eigenvalue weighted by Gasteiger charge is -2.44. The predicted octanol–water partition coefficient (Wildman–Crippen LogP) is 3.35. The number of rotatable bonds is 4. The largest absolute Gasteiger partial charge is 0.234 e. The highest BCUT2D eigenvalue weighted by Gasteiger charge is 2.21. The van der Waals surface area contributed by atoms with Crippen LogP contribution in [0.1, 0.15) is 27.2 Å². The van der Waals surface area contributed by atoms with Gasteiger partial charge in [0.1, 0.15) is 0 Å². The average molecular weight is 174 g/mol. The molecule has 11 heavy (non-hydrogen) atoms. The van der Waals surface area contributed by atoms with Crippen molar-refractivity contribution in [3.63, 3.8) is 0 Å². The van der Waals surface area contributed by atoms with E-state index in [1.165, 1.54) is 22.8 Å². The molecule has 0 spiro atoms. The van der Waals surface area contributed by atoms with Gasteiger partial charge in [-0.05, 0) is 36.0 Å². The summed E-state index contributed by atoms with van der Waals surface area (Å²) in [5.74, 6) is 6.84. The zero-order chi connectivity index (χ0) is 9.15. The summed E-state index contributed by atoms with van der Waals surface area (Å²) in [5.41, 5.74) is 0. The Kier molecular flexibility index (Phi) is 3.13. The fraction of sp³-hybridized carbons (Fsp3) is 0.700. The Hall–Kier alpha value is -0.0400. The van der Waals surface area contributed by atoms with Gasteiger partial charge in [0.25, 0.3) is 0 Å². The number of allylic oxidation sites excluding steroid dienone is 1. The van der Waals surface area contributed by atoms with Crippen LogP contribution in [0.3, 0.4) is 0 Å². The van der Waals surface area contributed by atoms with Crippen molar-refractivity contribution in [2.24, 2.45) is 0 Å². The lowest BCUT2D eigenvalue weighted by Crippen LogP contribution is -2.14. The summed E-state index contributed by atoms with van der Waals surface area (Å²) in [6.45, 7) is 10.7. The van der Waals surface area contributed by atoms with Crippen molar-refractivity contribution >= 4 is 14.6 Å². The number of hydrogen-bond acceptors (Lipinski definition) is 0. The van der Waals surface area contributed by atoms with Gasteiger partial charge in [-0.3, -0.25) is 0 Å². The Morgan fingerprint density at radius 2 is 1.82 bits per heavy atom. The van der Waals surface area contributed by atoms with Crippen molar-refractivity contribution in [1.29, 1.82) is 0 Å². The van der Waals surface area contributed by atoms with Gasteiger partial charge >= 0.3 is 0 Å². The van der Waals surface area contributed by atoms with Crippen molar-refractivity contribution < 1.29 is 0 Å². The van der Waals surface area contributed by atoms with E-state index in [1.54, 1.807) is 0 Å². The molecule has 0 aromatic heterocycles. The molecule has 1 heteroatoms. The van der Waals surface area contributed by atoms with Crippen molar-refractivity contribution in [3.05, 3.63) is 11.5 Å². The molecule has 0 aliphatic carbocycles. The molecule has 0 nitrogen and oxygen atoms in total. The van der Waals surface area contributed by atoms with E-state index in [0.717, 1.165) is 0 Å². The molecule has 0 aliphatic heterocycles. The highest BCUT2D eigenvalue weighted by molar-refractivity contribution is 8.48. The van der Waals surface area contributed by atoms with Gasteiger partial charge in [-0.2, -0.15) is 0 Å². The summed E-state index contributed by atoms with van der Waals surface area (Å²) >= 11 is 0. The van der Waals surface area contributed by atoms with Crippen LogP contribution in [0.25, 0.3) is 0 Å². The summed E-state index contributed by atoms with van der Waals surface area (Å²) in [4.78, 5) is 1.31. The van der Waals surface area contributed by atoms with Crippen LogP contribution in [0.15, 0.2) is 11.5 Å². The maximum atomic E-state index is 4.42. The molecule has 0 aliphatic rings. The minimum atomic E-state index is -1.46. The fourth-order valence-electron chi connectivity index (χ4n) is 1.16. The van der Waals surface area contributed by atoms with E-state index in [9.17, 15) is 0 Å². The molecular weight excluding hydrogens is 152 g/mol. The third kappa shape index (κ3) is 2.19. The first-order valence-corrected chi connectivity index (χ1v) is 7.20. The predicted molar refractivity (Wildman–Crippen MR) is 61.1 cm³/mol. The first-order chi connectivity index (χ1) is 4.85. The smallest absolute Gasteiger partial charge is 0.0233 e. The SMILES string of the molecule is C=C(C)S(=C)(C)(CC)CCC. The molecule has 0 rings (SSSR count). The van der Waals surface area contributed by atoms with Crippen molar-refractivity contribution in [2.75, 3.05) is 17.8 Å². The maximum absolute atomic E-state index is 4.42. The topological polar surface area (TPSA) is 0 Å². The van der Waals surface area contributed by atoms with E-state index >= 15 is 0 Å². The van der Waals surface area contributed by atoms with Gasteiger partial charge in [0.15, 0.2) is 0 Å². The molecule has 0 atom stereocenters. The van der Waals surface area contributed by atoms with E-state index < -0.39 is 8.75 Å². The Balaban J connectivity index is 4.82. The minimum Gasteiger partial charge on any atom is -0.234 e. The first kappa shape index (κ1) is 11.0. The average Bonchev–Trinajstić information content (AvgIpc) is 1.88. The van der Waals surface area contributed by atoms with Crippen LogP contribution in [-0.4, -0.2) is 23.6 Å². The monoisotopic (exact) mass is 174 g/mol. The summed E-state index contributed by atoms with van der Waals surface area (Å²) in [6, 6.07) is 0. The van der Waals surface area contributed by atoms with Crippen LogP contribution >= 0.6 is 8.75 Å². The zero-order valence-electron chi connectivity index (χ0n) is 8.44. The summed E-state index contributed by atoms with van der Waals surface area (Å²) < 4.78 is 0. The van der Waals surface area contributed by atoms with Crippen LogP contribution < -0.4 is 0 Å². The molecule has 0 aromatic carbocycles. The van der Waals surface area contributed by atoms with E-state index in [0.29, 0.717) is 0 Å². The lowest BCUT2D eigenvalue weighted by atomic mass is 10.6. The maximum Gasteiger partial charge on any atom is -0.0233 e. The normalized spacial score (nSPS) is 15.5. The van der Waals surface area contributed by atoms with Crippen LogP contribution in [0, 0.1) is 0 Å². The van der Waals surface area contributed by atoms with Crippen molar-refractivity contribution in [2.45, 2.75) is 27.2 Å². The Morgan fingerprint density at radius 3 is 1.91 bits per heavy atom. The van der Waals surface area contributed by atoms with E-state index in [2.05, 4.69) is 39.5 Å². The van der Waals surface area contributed by atoms with E-state index in [-0.39, 0.29) is 0 Å². The Bertz CT molecular complexity index is 213. The van der Waals surface area contributed by atoms with E-state index in [4.69, 9.17) is 0 Å². The second-order valence-electron chi connectivity index (χ2n) is 3.81. The first-order valence-electron chi connectivity index (χ1n) is 4.25. The van der Waals surface area contributed by atoms with Crippen LogP contribution in [0.4, 0.5) is 0 Å². The standard InChI is InChI=1S/C10H22S/c1-7-9-11(5,6,8-2)10(3)4/h3,5,7-9H2,1-2,4,6H3.